The van der Waals surface area contributed by atoms with E-state index in [4.69, 9.17) is 5.26 Å². The van der Waals surface area contributed by atoms with Gasteiger partial charge in [-0.25, -0.2) is 0 Å². The number of rotatable bonds is 5. The molecule has 1 fully saturated rings. The Kier molecular flexibility index (Phi) is 6.26. The van der Waals surface area contributed by atoms with Gasteiger partial charge >= 0.3 is 0 Å². The van der Waals surface area contributed by atoms with Crippen molar-refractivity contribution in [1.82, 2.24) is 14.7 Å². The Morgan fingerprint density at radius 2 is 1.63 bits per heavy atom. The first-order chi connectivity index (χ1) is 9.04. The van der Waals surface area contributed by atoms with Crippen molar-refractivity contribution in [2.24, 2.45) is 0 Å². The zero-order chi connectivity index (χ0) is 14.4. The number of carbonyl (C=O) groups is 1. The molecule has 0 aromatic heterocycles. The summed E-state index contributed by atoms with van der Waals surface area (Å²) in [7, 11) is 0. The van der Waals surface area contributed by atoms with Gasteiger partial charge in [-0.2, -0.15) is 5.26 Å². The van der Waals surface area contributed by atoms with Gasteiger partial charge in [0.25, 0.3) is 0 Å². The molecule has 5 heteroatoms. The number of amides is 1. The molecule has 108 valence electrons. The number of carbonyl (C=O) groups excluding carboxylic acids is 1. The fourth-order valence-corrected chi connectivity index (χ4v) is 2.55. The quantitative estimate of drug-likeness (QED) is 0.737. The lowest BCUT2D eigenvalue weighted by atomic mass is 10.2. The van der Waals surface area contributed by atoms with Crippen LogP contribution in [0.4, 0.5) is 0 Å². The molecule has 2 unspecified atom stereocenters. The second-order valence-electron chi connectivity index (χ2n) is 5.06. The smallest absolute Gasteiger partial charge is 0.239 e. The van der Waals surface area contributed by atoms with E-state index < -0.39 is 0 Å². The van der Waals surface area contributed by atoms with Crippen LogP contribution in [0, 0.1) is 11.3 Å². The monoisotopic (exact) mass is 266 g/mol. The van der Waals surface area contributed by atoms with Gasteiger partial charge in [-0.05, 0) is 27.7 Å². The number of nitriles is 1. The van der Waals surface area contributed by atoms with E-state index in [9.17, 15) is 4.79 Å². The molecule has 1 amide bonds. The summed E-state index contributed by atoms with van der Waals surface area (Å²) in [6, 6.07) is 2.18. The zero-order valence-corrected chi connectivity index (χ0v) is 12.6. The lowest BCUT2D eigenvalue weighted by Gasteiger charge is -2.39. The number of piperazine rings is 1. The fourth-order valence-electron chi connectivity index (χ4n) is 2.55. The Labute approximate surface area is 116 Å². The summed E-state index contributed by atoms with van der Waals surface area (Å²) in [4.78, 5) is 18.6. The van der Waals surface area contributed by atoms with Gasteiger partial charge in [0.05, 0.1) is 18.2 Å². The van der Waals surface area contributed by atoms with Gasteiger partial charge < -0.3 is 4.90 Å². The zero-order valence-electron chi connectivity index (χ0n) is 12.6. The highest BCUT2D eigenvalue weighted by atomic mass is 16.2. The minimum atomic E-state index is -0.0561. The number of hydrogen-bond acceptors (Lipinski definition) is 4. The van der Waals surface area contributed by atoms with Crippen LogP contribution >= 0.6 is 0 Å². The minimum absolute atomic E-state index is 0.0315. The molecule has 19 heavy (non-hydrogen) atoms. The Hall–Kier alpha value is -1.12. The molecule has 2 atom stereocenters. The summed E-state index contributed by atoms with van der Waals surface area (Å²) < 4.78 is 0. The first-order valence-corrected chi connectivity index (χ1v) is 7.21. The van der Waals surface area contributed by atoms with Crippen molar-refractivity contribution in [1.29, 1.82) is 5.26 Å². The Balaban J connectivity index is 2.51. The van der Waals surface area contributed by atoms with E-state index in [-0.39, 0.29) is 18.0 Å². The summed E-state index contributed by atoms with van der Waals surface area (Å²) >= 11 is 0. The molecule has 1 aliphatic heterocycles. The van der Waals surface area contributed by atoms with Gasteiger partial charge in [0.2, 0.25) is 5.91 Å². The standard InChI is InChI=1S/C14H26N4O/c1-5-16(6-2)14(19)13(4)18-9-7-17(8-10-18)12(3)11-15/h12-13H,5-10H2,1-4H3. The first kappa shape index (κ1) is 15.9. The predicted octanol–water partition coefficient (Wildman–Crippen LogP) is 0.773. The van der Waals surface area contributed by atoms with E-state index in [1.807, 2.05) is 32.6 Å². The summed E-state index contributed by atoms with van der Waals surface area (Å²) in [5.74, 6) is 0.215. The maximum atomic E-state index is 12.3. The Morgan fingerprint density at radius 1 is 1.16 bits per heavy atom. The lowest BCUT2D eigenvalue weighted by Crippen LogP contribution is -2.55. The number of likely N-dealkylation sites (N-methyl/N-ethyl adjacent to an activating group) is 1. The molecule has 0 aromatic rings. The van der Waals surface area contributed by atoms with Gasteiger partial charge in [-0.3, -0.25) is 14.6 Å². The SMILES string of the molecule is CCN(CC)C(=O)C(C)N1CCN(C(C)C#N)CC1. The maximum Gasteiger partial charge on any atom is 0.239 e. The molecule has 5 nitrogen and oxygen atoms in total. The molecule has 0 radical (unpaired) electrons. The predicted molar refractivity (Wildman–Crippen MR) is 75.6 cm³/mol. The second-order valence-corrected chi connectivity index (χ2v) is 5.06. The maximum absolute atomic E-state index is 12.3. The van der Waals surface area contributed by atoms with Crippen LogP contribution in [0.3, 0.4) is 0 Å². The second kappa shape index (κ2) is 7.46. The van der Waals surface area contributed by atoms with Crippen LogP contribution in [-0.2, 0) is 4.79 Å². The lowest BCUT2D eigenvalue weighted by molar-refractivity contribution is -0.136. The van der Waals surface area contributed by atoms with Gasteiger partial charge in [0, 0.05) is 39.3 Å². The van der Waals surface area contributed by atoms with Crippen LogP contribution in [0.5, 0.6) is 0 Å². The van der Waals surface area contributed by atoms with E-state index in [0.29, 0.717) is 0 Å². The third kappa shape index (κ3) is 3.92. The van der Waals surface area contributed by atoms with Crippen molar-refractivity contribution in [2.75, 3.05) is 39.3 Å². The number of nitrogens with zero attached hydrogens (tertiary/aromatic N) is 4. The number of hydrogen-bond donors (Lipinski definition) is 0. The largest absolute Gasteiger partial charge is 0.342 e. The molecule has 0 bridgehead atoms. The molecule has 0 N–H and O–H groups in total. The Bertz CT molecular complexity index is 327. The summed E-state index contributed by atoms with van der Waals surface area (Å²) in [6.45, 7) is 12.9. The topological polar surface area (TPSA) is 50.6 Å². The van der Waals surface area contributed by atoms with E-state index in [1.165, 1.54) is 0 Å². The van der Waals surface area contributed by atoms with Crippen LogP contribution in [0.15, 0.2) is 0 Å². The third-order valence-corrected chi connectivity index (χ3v) is 4.06. The molecule has 1 heterocycles. The molecule has 1 rings (SSSR count). The van der Waals surface area contributed by atoms with Crippen LogP contribution in [0.1, 0.15) is 27.7 Å². The normalized spacial score (nSPS) is 20.6. The summed E-state index contributed by atoms with van der Waals surface area (Å²) in [6.07, 6.45) is 0. The highest BCUT2D eigenvalue weighted by Gasteiger charge is 2.28. The van der Waals surface area contributed by atoms with E-state index in [1.54, 1.807) is 0 Å². The van der Waals surface area contributed by atoms with Crippen molar-refractivity contribution in [3.8, 4) is 6.07 Å². The van der Waals surface area contributed by atoms with E-state index in [2.05, 4.69) is 15.9 Å². The third-order valence-electron chi connectivity index (χ3n) is 4.06. The van der Waals surface area contributed by atoms with Crippen molar-refractivity contribution >= 4 is 5.91 Å². The van der Waals surface area contributed by atoms with Crippen LogP contribution in [0.2, 0.25) is 0 Å². The first-order valence-electron chi connectivity index (χ1n) is 7.21. The van der Waals surface area contributed by atoms with E-state index >= 15 is 0 Å². The van der Waals surface area contributed by atoms with E-state index in [0.717, 1.165) is 39.3 Å². The highest BCUT2D eigenvalue weighted by Crippen LogP contribution is 2.11. The molecule has 1 saturated heterocycles. The molecule has 0 spiro atoms. The minimum Gasteiger partial charge on any atom is -0.342 e. The van der Waals surface area contributed by atoms with Crippen LogP contribution in [-0.4, -0.2) is 72.0 Å². The van der Waals surface area contributed by atoms with Crippen molar-refractivity contribution in [3.05, 3.63) is 0 Å². The van der Waals surface area contributed by atoms with Gasteiger partial charge in [0.1, 0.15) is 0 Å². The van der Waals surface area contributed by atoms with Gasteiger partial charge in [-0.15, -0.1) is 0 Å². The van der Waals surface area contributed by atoms with Crippen molar-refractivity contribution in [3.63, 3.8) is 0 Å². The summed E-state index contributed by atoms with van der Waals surface area (Å²) in [5, 5.41) is 8.92. The molecule has 0 aromatic carbocycles. The van der Waals surface area contributed by atoms with Crippen molar-refractivity contribution in [2.45, 2.75) is 39.8 Å². The van der Waals surface area contributed by atoms with Gasteiger partial charge in [0.15, 0.2) is 0 Å². The molecule has 0 aliphatic carbocycles. The van der Waals surface area contributed by atoms with Gasteiger partial charge in [-0.1, -0.05) is 0 Å². The average Bonchev–Trinajstić information content (AvgIpc) is 2.47. The highest BCUT2D eigenvalue weighted by molar-refractivity contribution is 5.81. The molecular formula is C14H26N4O. The molecular weight excluding hydrogens is 240 g/mol. The Morgan fingerprint density at radius 3 is 2.05 bits per heavy atom. The summed E-state index contributed by atoms with van der Waals surface area (Å²) in [5.41, 5.74) is 0. The van der Waals surface area contributed by atoms with Crippen molar-refractivity contribution < 1.29 is 4.79 Å². The average molecular weight is 266 g/mol. The van der Waals surface area contributed by atoms with Crippen LogP contribution < -0.4 is 0 Å². The van der Waals surface area contributed by atoms with Crippen LogP contribution in [0.25, 0.3) is 0 Å². The molecule has 1 aliphatic rings. The fraction of sp³-hybridized carbons (Fsp3) is 0.857. The molecule has 0 saturated carbocycles.